The third kappa shape index (κ3) is 3.22. The lowest BCUT2D eigenvalue weighted by Gasteiger charge is -2.00. The SMILES string of the molecule is CCc1cccc(CCN=C=O)c1. The van der Waals surface area contributed by atoms with Gasteiger partial charge in [-0.3, -0.25) is 0 Å². The molecule has 13 heavy (non-hydrogen) atoms. The first-order chi connectivity index (χ1) is 6.36. The average molecular weight is 175 g/mol. The van der Waals surface area contributed by atoms with Crippen molar-refractivity contribution in [2.75, 3.05) is 6.54 Å². The van der Waals surface area contributed by atoms with Crippen LogP contribution < -0.4 is 0 Å². The zero-order valence-corrected chi connectivity index (χ0v) is 7.79. The topological polar surface area (TPSA) is 29.4 Å². The van der Waals surface area contributed by atoms with Crippen LogP contribution in [-0.2, 0) is 17.6 Å². The first-order valence-corrected chi connectivity index (χ1v) is 4.48. The number of aliphatic imine (C=N–C) groups is 1. The van der Waals surface area contributed by atoms with Crippen LogP contribution in [0.4, 0.5) is 0 Å². The van der Waals surface area contributed by atoms with E-state index < -0.39 is 0 Å². The summed E-state index contributed by atoms with van der Waals surface area (Å²) in [6, 6.07) is 8.35. The molecule has 0 aliphatic rings. The maximum Gasteiger partial charge on any atom is 0.234 e. The molecule has 0 amide bonds. The minimum atomic E-state index is 0.538. The fraction of sp³-hybridized carbons (Fsp3) is 0.364. The number of rotatable bonds is 4. The summed E-state index contributed by atoms with van der Waals surface area (Å²) in [5.41, 5.74) is 2.56. The van der Waals surface area contributed by atoms with Crippen LogP contribution in [0.1, 0.15) is 18.1 Å². The summed E-state index contributed by atoms with van der Waals surface area (Å²) in [6.45, 7) is 2.67. The van der Waals surface area contributed by atoms with Crippen molar-refractivity contribution in [1.82, 2.24) is 0 Å². The van der Waals surface area contributed by atoms with E-state index in [1.165, 1.54) is 11.1 Å². The summed E-state index contributed by atoms with van der Waals surface area (Å²) in [6.07, 6.45) is 3.41. The number of benzene rings is 1. The Morgan fingerprint density at radius 1 is 1.38 bits per heavy atom. The molecule has 0 radical (unpaired) electrons. The first kappa shape index (κ1) is 9.69. The molecule has 1 aromatic carbocycles. The van der Waals surface area contributed by atoms with Crippen LogP contribution in [0.2, 0.25) is 0 Å². The summed E-state index contributed by atoms with van der Waals surface area (Å²) in [7, 11) is 0. The highest BCUT2D eigenvalue weighted by Crippen LogP contribution is 2.06. The van der Waals surface area contributed by atoms with E-state index in [4.69, 9.17) is 0 Å². The zero-order chi connectivity index (χ0) is 9.52. The Morgan fingerprint density at radius 3 is 2.85 bits per heavy atom. The van der Waals surface area contributed by atoms with Crippen molar-refractivity contribution < 1.29 is 4.79 Å². The molecular weight excluding hydrogens is 162 g/mol. The summed E-state index contributed by atoms with van der Waals surface area (Å²) < 4.78 is 0. The van der Waals surface area contributed by atoms with Crippen molar-refractivity contribution in [3.63, 3.8) is 0 Å². The van der Waals surface area contributed by atoms with Crippen molar-refractivity contribution in [2.24, 2.45) is 4.99 Å². The van der Waals surface area contributed by atoms with Crippen molar-refractivity contribution in [1.29, 1.82) is 0 Å². The van der Waals surface area contributed by atoms with Gasteiger partial charge in [0.25, 0.3) is 0 Å². The highest BCUT2D eigenvalue weighted by Gasteiger charge is 1.93. The molecule has 0 heterocycles. The fourth-order valence-electron chi connectivity index (χ4n) is 1.24. The van der Waals surface area contributed by atoms with E-state index in [1.807, 2.05) is 6.07 Å². The molecule has 0 fully saturated rings. The molecule has 0 aliphatic carbocycles. The Kier molecular flexibility index (Phi) is 3.94. The molecule has 0 unspecified atom stereocenters. The molecule has 0 saturated carbocycles. The normalized spacial score (nSPS) is 9.31. The second-order valence-electron chi connectivity index (χ2n) is 2.90. The lowest BCUT2D eigenvalue weighted by Crippen LogP contribution is -1.90. The first-order valence-electron chi connectivity index (χ1n) is 4.48. The molecule has 0 aliphatic heterocycles. The molecule has 0 bridgehead atoms. The maximum absolute atomic E-state index is 9.83. The maximum atomic E-state index is 9.83. The Morgan fingerprint density at radius 2 is 2.15 bits per heavy atom. The van der Waals surface area contributed by atoms with E-state index in [1.54, 1.807) is 6.08 Å². The van der Waals surface area contributed by atoms with Gasteiger partial charge in [-0.1, -0.05) is 31.2 Å². The van der Waals surface area contributed by atoms with Gasteiger partial charge in [0, 0.05) is 0 Å². The van der Waals surface area contributed by atoms with Crippen LogP contribution in [-0.4, -0.2) is 12.6 Å². The molecule has 1 rings (SSSR count). The van der Waals surface area contributed by atoms with Crippen LogP contribution in [0.5, 0.6) is 0 Å². The van der Waals surface area contributed by atoms with Crippen LogP contribution in [0.25, 0.3) is 0 Å². The minimum Gasteiger partial charge on any atom is -0.211 e. The van der Waals surface area contributed by atoms with Crippen LogP contribution in [0.3, 0.4) is 0 Å². The van der Waals surface area contributed by atoms with Gasteiger partial charge >= 0.3 is 0 Å². The van der Waals surface area contributed by atoms with Gasteiger partial charge in [0.05, 0.1) is 6.54 Å². The molecule has 68 valence electrons. The second-order valence-corrected chi connectivity index (χ2v) is 2.90. The molecule has 2 heteroatoms. The van der Waals surface area contributed by atoms with Crippen LogP contribution in [0, 0.1) is 0 Å². The van der Waals surface area contributed by atoms with E-state index in [-0.39, 0.29) is 0 Å². The largest absolute Gasteiger partial charge is 0.234 e. The van der Waals surface area contributed by atoms with Gasteiger partial charge in [0.1, 0.15) is 0 Å². The van der Waals surface area contributed by atoms with Crippen LogP contribution in [0.15, 0.2) is 29.3 Å². The van der Waals surface area contributed by atoms with Gasteiger partial charge in [0.2, 0.25) is 6.08 Å². The van der Waals surface area contributed by atoms with Gasteiger partial charge in [0.15, 0.2) is 0 Å². The van der Waals surface area contributed by atoms with Crippen LogP contribution >= 0.6 is 0 Å². The van der Waals surface area contributed by atoms with E-state index in [9.17, 15) is 4.79 Å². The fourth-order valence-corrected chi connectivity index (χ4v) is 1.24. The number of hydrogen-bond donors (Lipinski definition) is 0. The lowest BCUT2D eigenvalue weighted by atomic mass is 10.1. The van der Waals surface area contributed by atoms with Gasteiger partial charge in [-0.05, 0) is 24.0 Å². The van der Waals surface area contributed by atoms with Gasteiger partial charge in [-0.15, -0.1) is 0 Å². The number of carbonyl (C=O) groups excluding carboxylic acids is 1. The van der Waals surface area contributed by atoms with Gasteiger partial charge in [-0.2, -0.15) is 0 Å². The minimum absolute atomic E-state index is 0.538. The smallest absolute Gasteiger partial charge is 0.211 e. The monoisotopic (exact) mass is 175 g/mol. The van der Waals surface area contributed by atoms with Crippen molar-refractivity contribution >= 4 is 6.08 Å². The summed E-state index contributed by atoms with van der Waals surface area (Å²) >= 11 is 0. The number of isocyanates is 1. The molecular formula is C11H13NO. The summed E-state index contributed by atoms with van der Waals surface area (Å²) in [5.74, 6) is 0. The molecule has 0 spiro atoms. The zero-order valence-electron chi connectivity index (χ0n) is 7.79. The van der Waals surface area contributed by atoms with E-state index >= 15 is 0 Å². The summed E-state index contributed by atoms with van der Waals surface area (Å²) in [4.78, 5) is 13.3. The molecule has 2 nitrogen and oxygen atoms in total. The Hall–Kier alpha value is -1.40. The lowest BCUT2D eigenvalue weighted by molar-refractivity contribution is 0.563. The van der Waals surface area contributed by atoms with Gasteiger partial charge in [-0.25, -0.2) is 9.79 Å². The van der Waals surface area contributed by atoms with E-state index in [0.717, 1.165) is 12.8 Å². The molecule has 0 saturated heterocycles. The summed E-state index contributed by atoms with van der Waals surface area (Å²) in [5, 5.41) is 0. The quantitative estimate of drug-likeness (QED) is 0.509. The van der Waals surface area contributed by atoms with Gasteiger partial charge < -0.3 is 0 Å². The van der Waals surface area contributed by atoms with Crippen molar-refractivity contribution in [2.45, 2.75) is 19.8 Å². The Bertz CT molecular complexity index is 314. The molecule has 0 N–H and O–H groups in total. The van der Waals surface area contributed by atoms with Crippen molar-refractivity contribution in [3.8, 4) is 0 Å². The molecule has 0 aromatic heterocycles. The predicted molar refractivity (Wildman–Crippen MR) is 52.5 cm³/mol. The third-order valence-electron chi connectivity index (χ3n) is 1.98. The highest BCUT2D eigenvalue weighted by atomic mass is 16.1. The third-order valence-corrected chi connectivity index (χ3v) is 1.98. The van der Waals surface area contributed by atoms with E-state index in [2.05, 4.69) is 30.1 Å². The number of nitrogens with zero attached hydrogens (tertiary/aromatic N) is 1. The standard InChI is InChI=1S/C11H13NO/c1-2-10-4-3-5-11(8-10)6-7-12-9-13/h3-5,8H,2,6-7H2,1H3. The molecule has 1 aromatic rings. The van der Waals surface area contributed by atoms with Crippen molar-refractivity contribution in [3.05, 3.63) is 35.4 Å². The Balaban J connectivity index is 2.60. The Labute approximate surface area is 78.3 Å². The second kappa shape index (κ2) is 5.28. The predicted octanol–water partition coefficient (Wildman–Crippen LogP) is 2.13. The highest BCUT2D eigenvalue weighted by molar-refractivity contribution is 5.33. The van der Waals surface area contributed by atoms with E-state index in [0.29, 0.717) is 6.54 Å². The average Bonchev–Trinajstić information content (AvgIpc) is 2.19. The number of hydrogen-bond acceptors (Lipinski definition) is 2. The molecule has 0 atom stereocenters. The number of aryl methyl sites for hydroxylation is 1.